The van der Waals surface area contributed by atoms with Crippen molar-refractivity contribution in [1.29, 1.82) is 0 Å². The Morgan fingerprint density at radius 3 is 2.45 bits per heavy atom. The van der Waals surface area contributed by atoms with Crippen LogP contribution in [0.25, 0.3) is 0 Å². The van der Waals surface area contributed by atoms with Crippen LogP contribution in [0, 0.1) is 0 Å². The first-order valence-corrected chi connectivity index (χ1v) is 6.06. The van der Waals surface area contributed by atoms with Gasteiger partial charge in [0.05, 0.1) is 7.11 Å². The van der Waals surface area contributed by atoms with Crippen molar-refractivity contribution in [3.63, 3.8) is 0 Å². The molecule has 0 heterocycles. The van der Waals surface area contributed by atoms with Crippen LogP contribution in [0.3, 0.4) is 0 Å². The maximum Gasteiger partial charge on any atom is 0.247 e. The molecule has 0 radical (unpaired) electrons. The topological polar surface area (TPSA) is 47.6 Å². The van der Waals surface area contributed by atoms with E-state index in [9.17, 15) is 4.79 Å². The minimum Gasteiger partial charge on any atom is -0.497 e. The summed E-state index contributed by atoms with van der Waals surface area (Å²) in [6, 6.07) is 14.4. The lowest BCUT2D eigenvalue weighted by atomic mass is 10.3. The summed E-state index contributed by atoms with van der Waals surface area (Å²) in [6.45, 7) is 3.40. The average molecular weight is 269 g/mol. The van der Waals surface area contributed by atoms with Gasteiger partial charge >= 0.3 is 0 Å². The average Bonchev–Trinajstić information content (AvgIpc) is 2.49. The summed E-state index contributed by atoms with van der Waals surface area (Å²) < 4.78 is 10.8. The molecule has 0 aliphatic rings. The summed E-state index contributed by atoms with van der Waals surface area (Å²) in [6.07, 6.45) is 1.22. The maximum atomic E-state index is 11.2. The summed E-state index contributed by atoms with van der Waals surface area (Å²) in [5.41, 5.74) is 0.688. The normalized spacial score (nSPS) is 9.65. The van der Waals surface area contributed by atoms with Gasteiger partial charge in [-0.1, -0.05) is 12.6 Å². The molecule has 0 aliphatic heterocycles. The van der Waals surface area contributed by atoms with Gasteiger partial charge in [-0.15, -0.1) is 0 Å². The van der Waals surface area contributed by atoms with Crippen molar-refractivity contribution < 1.29 is 14.3 Å². The molecule has 20 heavy (non-hydrogen) atoms. The molecular weight excluding hydrogens is 254 g/mol. The van der Waals surface area contributed by atoms with E-state index in [0.717, 1.165) is 5.75 Å². The molecule has 4 nitrogen and oxygen atoms in total. The largest absolute Gasteiger partial charge is 0.497 e. The molecule has 0 unspecified atom stereocenters. The van der Waals surface area contributed by atoms with Gasteiger partial charge < -0.3 is 14.8 Å². The second-order valence-corrected chi connectivity index (χ2v) is 4.00. The molecular formula is C16H15NO3. The third-order valence-electron chi connectivity index (χ3n) is 2.58. The van der Waals surface area contributed by atoms with E-state index in [2.05, 4.69) is 11.9 Å². The van der Waals surface area contributed by atoms with E-state index in [-0.39, 0.29) is 5.91 Å². The molecule has 0 aromatic heterocycles. The summed E-state index contributed by atoms with van der Waals surface area (Å²) in [4.78, 5) is 11.2. The number of hydrogen-bond acceptors (Lipinski definition) is 3. The van der Waals surface area contributed by atoms with Crippen molar-refractivity contribution in [3.05, 3.63) is 61.2 Å². The Balaban J connectivity index is 2.06. The monoisotopic (exact) mass is 269 g/mol. The fourth-order valence-corrected chi connectivity index (χ4v) is 1.60. The minimum atomic E-state index is -0.244. The fourth-order valence-electron chi connectivity index (χ4n) is 1.60. The summed E-state index contributed by atoms with van der Waals surface area (Å²) in [5.74, 6) is 1.85. The van der Waals surface area contributed by atoms with E-state index in [1.54, 1.807) is 37.4 Å². The molecule has 2 aromatic rings. The molecule has 102 valence electrons. The number of carbonyl (C=O) groups excluding carboxylic acids is 1. The second kappa shape index (κ2) is 6.43. The van der Waals surface area contributed by atoms with Crippen molar-refractivity contribution in [1.82, 2.24) is 0 Å². The number of nitrogens with one attached hydrogen (secondary N) is 1. The van der Waals surface area contributed by atoms with Crippen LogP contribution in [-0.4, -0.2) is 13.0 Å². The van der Waals surface area contributed by atoms with Crippen molar-refractivity contribution in [2.24, 2.45) is 0 Å². The van der Waals surface area contributed by atoms with Gasteiger partial charge in [-0.3, -0.25) is 4.79 Å². The van der Waals surface area contributed by atoms with E-state index in [4.69, 9.17) is 9.47 Å². The van der Waals surface area contributed by atoms with Crippen molar-refractivity contribution in [2.45, 2.75) is 0 Å². The van der Waals surface area contributed by atoms with Crippen LogP contribution in [-0.2, 0) is 4.79 Å². The molecule has 0 aliphatic carbocycles. The van der Waals surface area contributed by atoms with Gasteiger partial charge in [0.1, 0.15) is 17.2 Å². The van der Waals surface area contributed by atoms with Crippen LogP contribution in [0.15, 0.2) is 61.2 Å². The van der Waals surface area contributed by atoms with Crippen LogP contribution >= 0.6 is 0 Å². The van der Waals surface area contributed by atoms with Crippen LogP contribution in [0.4, 0.5) is 5.69 Å². The van der Waals surface area contributed by atoms with Crippen LogP contribution < -0.4 is 14.8 Å². The first-order valence-electron chi connectivity index (χ1n) is 6.06. The molecule has 2 rings (SSSR count). The van der Waals surface area contributed by atoms with Gasteiger partial charge in [0.15, 0.2) is 0 Å². The van der Waals surface area contributed by atoms with Crippen molar-refractivity contribution in [3.8, 4) is 17.2 Å². The minimum absolute atomic E-state index is 0.244. The number of benzene rings is 2. The second-order valence-electron chi connectivity index (χ2n) is 4.00. The standard InChI is InChI=1S/C16H15NO3/c1-3-16(18)17-12-7-9-13(10-8-12)20-15-6-4-5-14(11-15)19-2/h3-11H,1H2,2H3,(H,17,18). The predicted octanol–water partition coefficient (Wildman–Crippen LogP) is 3.61. The Bertz CT molecular complexity index is 605. The Hall–Kier alpha value is -2.75. The zero-order chi connectivity index (χ0) is 14.4. The number of rotatable bonds is 5. The van der Waals surface area contributed by atoms with Gasteiger partial charge in [0.25, 0.3) is 0 Å². The molecule has 2 aromatic carbocycles. The predicted molar refractivity (Wildman–Crippen MR) is 78.3 cm³/mol. The zero-order valence-electron chi connectivity index (χ0n) is 11.1. The van der Waals surface area contributed by atoms with Gasteiger partial charge in [-0.05, 0) is 42.5 Å². The van der Waals surface area contributed by atoms with Crippen LogP contribution in [0.5, 0.6) is 17.2 Å². The highest BCUT2D eigenvalue weighted by atomic mass is 16.5. The Morgan fingerprint density at radius 1 is 1.10 bits per heavy atom. The smallest absolute Gasteiger partial charge is 0.247 e. The SMILES string of the molecule is C=CC(=O)Nc1ccc(Oc2cccc(OC)c2)cc1. The molecule has 0 spiro atoms. The molecule has 4 heteroatoms. The number of hydrogen-bond donors (Lipinski definition) is 1. The lowest BCUT2D eigenvalue weighted by Crippen LogP contribution is -2.06. The number of anilines is 1. The van der Waals surface area contributed by atoms with E-state index < -0.39 is 0 Å². The Kier molecular flexibility index (Phi) is 4.39. The van der Waals surface area contributed by atoms with Crippen LogP contribution in [0.2, 0.25) is 0 Å². The van der Waals surface area contributed by atoms with Gasteiger partial charge in [-0.25, -0.2) is 0 Å². The van der Waals surface area contributed by atoms with Gasteiger partial charge in [0, 0.05) is 11.8 Å². The van der Waals surface area contributed by atoms with E-state index in [1.807, 2.05) is 18.2 Å². The van der Waals surface area contributed by atoms with E-state index in [0.29, 0.717) is 17.2 Å². The lowest BCUT2D eigenvalue weighted by Gasteiger charge is -2.08. The maximum absolute atomic E-state index is 11.2. The molecule has 1 amide bonds. The third-order valence-corrected chi connectivity index (χ3v) is 2.58. The molecule has 0 atom stereocenters. The highest BCUT2D eigenvalue weighted by molar-refractivity contribution is 5.98. The van der Waals surface area contributed by atoms with Gasteiger partial charge in [-0.2, -0.15) is 0 Å². The molecule has 1 N–H and O–H groups in total. The third kappa shape index (κ3) is 3.62. The Morgan fingerprint density at radius 2 is 1.80 bits per heavy atom. The lowest BCUT2D eigenvalue weighted by molar-refractivity contribution is -0.111. The van der Waals surface area contributed by atoms with E-state index >= 15 is 0 Å². The molecule has 0 saturated carbocycles. The number of ether oxygens (including phenoxy) is 2. The van der Waals surface area contributed by atoms with Crippen molar-refractivity contribution >= 4 is 11.6 Å². The summed E-state index contributed by atoms with van der Waals surface area (Å²) in [5, 5.41) is 2.67. The fraction of sp³-hybridized carbons (Fsp3) is 0.0625. The quantitative estimate of drug-likeness (QED) is 0.843. The molecule has 0 saturated heterocycles. The van der Waals surface area contributed by atoms with Gasteiger partial charge in [0.2, 0.25) is 5.91 Å². The highest BCUT2D eigenvalue weighted by Gasteiger charge is 2.01. The highest BCUT2D eigenvalue weighted by Crippen LogP contribution is 2.26. The summed E-state index contributed by atoms with van der Waals surface area (Å²) in [7, 11) is 1.61. The summed E-state index contributed by atoms with van der Waals surface area (Å²) >= 11 is 0. The van der Waals surface area contributed by atoms with Crippen LogP contribution in [0.1, 0.15) is 0 Å². The molecule has 0 fully saturated rings. The number of methoxy groups -OCH3 is 1. The zero-order valence-corrected chi connectivity index (χ0v) is 11.1. The first-order chi connectivity index (χ1) is 9.71. The number of amides is 1. The number of carbonyl (C=O) groups is 1. The van der Waals surface area contributed by atoms with E-state index in [1.165, 1.54) is 6.08 Å². The van der Waals surface area contributed by atoms with Crippen molar-refractivity contribution in [2.75, 3.05) is 12.4 Å². The first kappa shape index (κ1) is 13.7. The Labute approximate surface area is 117 Å². The molecule has 0 bridgehead atoms.